The molecule has 0 saturated heterocycles. The number of aldehydes is 1. The highest BCUT2D eigenvalue weighted by Crippen LogP contribution is 2.21. The predicted octanol–water partition coefficient (Wildman–Crippen LogP) is 6.01. The van der Waals surface area contributed by atoms with Gasteiger partial charge in [-0.05, 0) is 61.3 Å². The van der Waals surface area contributed by atoms with Crippen LogP contribution in [0.5, 0.6) is 0 Å². The van der Waals surface area contributed by atoms with Gasteiger partial charge in [-0.1, -0.05) is 51.8 Å². The second-order valence-corrected chi connectivity index (χ2v) is 6.84. The molecule has 0 aliphatic carbocycles. The molecule has 0 bridgehead atoms. The number of hydrogen-bond acceptors (Lipinski definition) is 2. The maximum Gasteiger partial charge on any atom is 0.150 e. The van der Waals surface area contributed by atoms with Crippen molar-refractivity contribution < 1.29 is 9.53 Å². The Morgan fingerprint density at radius 2 is 1.88 bits per heavy atom. The lowest BCUT2D eigenvalue weighted by Crippen LogP contribution is -2.01. The Kier molecular flexibility index (Phi) is 10.3. The average molecular weight is 331 g/mol. The Morgan fingerprint density at radius 1 is 1.12 bits per heavy atom. The number of carbonyl (C=O) groups excluding carboxylic acids is 1. The molecule has 0 N–H and O–H groups in total. The third kappa shape index (κ3) is 7.44. The average Bonchev–Trinajstić information content (AvgIpc) is 2.58. The number of rotatable bonds is 13. The van der Waals surface area contributed by atoms with E-state index in [0.717, 1.165) is 55.8 Å². The summed E-state index contributed by atoms with van der Waals surface area (Å²) in [7, 11) is 0. The van der Waals surface area contributed by atoms with Crippen molar-refractivity contribution in [2.24, 2.45) is 5.92 Å². The molecular weight excluding hydrogens is 296 g/mol. The summed E-state index contributed by atoms with van der Waals surface area (Å²) in [4.78, 5) is 11.1. The normalized spacial score (nSPS) is 12.1. The van der Waals surface area contributed by atoms with Crippen LogP contribution in [-0.2, 0) is 11.2 Å². The van der Waals surface area contributed by atoms with Crippen LogP contribution in [-0.4, -0.2) is 19.5 Å². The predicted molar refractivity (Wildman–Crippen MR) is 104 cm³/mol. The van der Waals surface area contributed by atoms with Gasteiger partial charge in [0.05, 0.1) is 0 Å². The fraction of sp³-hybridized carbons (Fsp3) is 0.591. The molecule has 0 aliphatic heterocycles. The van der Waals surface area contributed by atoms with Crippen LogP contribution in [0.4, 0.5) is 0 Å². The Morgan fingerprint density at radius 3 is 2.54 bits per heavy atom. The van der Waals surface area contributed by atoms with Crippen molar-refractivity contribution in [2.75, 3.05) is 13.2 Å². The summed E-state index contributed by atoms with van der Waals surface area (Å²) in [5.41, 5.74) is 4.25. The number of carbonyl (C=O) groups is 1. The van der Waals surface area contributed by atoms with E-state index >= 15 is 0 Å². The van der Waals surface area contributed by atoms with E-state index in [4.69, 9.17) is 4.74 Å². The summed E-state index contributed by atoms with van der Waals surface area (Å²) >= 11 is 0. The third-order valence-electron chi connectivity index (χ3n) is 4.60. The fourth-order valence-electron chi connectivity index (χ4n) is 3.06. The molecule has 2 nitrogen and oxygen atoms in total. The van der Waals surface area contributed by atoms with Crippen LogP contribution in [0.2, 0.25) is 0 Å². The van der Waals surface area contributed by atoms with Crippen molar-refractivity contribution in [1.29, 1.82) is 0 Å². The third-order valence-corrected chi connectivity index (χ3v) is 4.60. The molecule has 1 unspecified atom stereocenters. The molecule has 0 aromatic heterocycles. The lowest BCUT2D eigenvalue weighted by Gasteiger charge is -2.13. The highest BCUT2D eigenvalue weighted by molar-refractivity contribution is 5.78. The number of ether oxygens (including phenoxy) is 1. The molecule has 0 aliphatic rings. The van der Waals surface area contributed by atoms with Crippen LogP contribution in [0.1, 0.15) is 79.4 Å². The highest BCUT2D eigenvalue weighted by atomic mass is 16.5. The molecule has 1 rings (SSSR count). The molecular formula is C22H34O2. The molecule has 0 heterocycles. The summed E-state index contributed by atoms with van der Waals surface area (Å²) in [6.07, 6.45) is 11.1. The van der Waals surface area contributed by atoms with Gasteiger partial charge in [-0.25, -0.2) is 0 Å². The van der Waals surface area contributed by atoms with Gasteiger partial charge in [0.2, 0.25) is 0 Å². The van der Waals surface area contributed by atoms with E-state index in [1.165, 1.54) is 36.8 Å². The minimum atomic E-state index is 0.749. The second kappa shape index (κ2) is 12.0. The highest BCUT2D eigenvalue weighted by Gasteiger charge is 2.07. The minimum absolute atomic E-state index is 0.749. The van der Waals surface area contributed by atoms with E-state index in [1.54, 1.807) is 0 Å². The van der Waals surface area contributed by atoms with E-state index in [0.29, 0.717) is 0 Å². The molecule has 0 amide bonds. The SMILES string of the molecule is C=Cc1cc(C)c(C=O)cc1CCCC(C)CCCCOCCC. The molecule has 1 atom stereocenters. The van der Waals surface area contributed by atoms with Crippen LogP contribution in [0.15, 0.2) is 18.7 Å². The lowest BCUT2D eigenvalue weighted by molar-refractivity contribution is 0.112. The number of aryl methyl sites for hydroxylation is 2. The smallest absolute Gasteiger partial charge is 0.150 e. The van der Waals surface area contributed by atoms with E-state index in [-0.39, 0.29) is 0 Å². The Labute approximate surface area is 148 Å². The first-order valence-electron chi connectivity index (χ1n) is 9.41. The topological polar surface area (TPSA) is 26.3 Å². The Balaban J connectivity index is 2.33. The van der Waals surface area contributed by atoms with Crippen LogP contribution < -0.4 is 0 Å². The molecule has 2 heteroatoms. The zero-order valence-corrected chi connectivity index (χ0v) is 15.8. The lowest BCUT2D eigenvalue weighted by atomic mass is 9.93. The van der Waals surface area contributed by atoms with Crippen LogP contribution in [0.3, 0.4) is 0 Å². The Bertz CT molecular complexity index is 505. The van der Waals surface area contributed by atoms with Gasteiger partial charge in [-0.2, -0.15) is 0 Å². The summed E-state index contributed by atoms with van der Waals surface area (Å²) in [6.45, 7) is 12.2. The quantitative estimate of drug-likeness (QED) is 0.327. The van der Waals surface area contributed by atoms with Gasteiger partial charge in [0.1, 0.15) is 6.29 Å². The van der Waals surface area contributed by atoms with Crippen molar-refractivity contribution in [1.82, 2.24) is 0 Å². The molecule has 1 aromatic carbocycles. The van der Waals surface area contributed by atoms with Crippen molar-refractivity contribution in [3.8, 4) is 0 Å². The number of benzene rings is 1. The molecule has 0 fully saturated rings. The van der Waals surface area contributed by atoms with Gasteiger partial charge in [0.15, 0.2) is 0 Å². The van der Waals surface area contributed by atoms with Gasteiger partial charge in [0.25, 0.3) is 0 Å². The first kappa shape index (κ1) is 20.6. The summed E-state index contributed by atoms with van der Waals surface area (Å²) < 4.78 is 5.52. The van der Waals surface area contributed by atoms with Crippen molar-refractivity contribution in [3.05, 3.63) is 41.0 Å². The minimum Gasteiger partial charge on any atom is -0.381 e. The van der Waals surface area contributed by atoms with Crippen LogP contribution in [0.25, 0.3) is 6.08 Å². The largest absolute Gasteiger partial charge is 0.381 e. The maximum atomic E-state index is 11.1. The summed E-state index contributed by atoms with van der Waals surface area (Å²) in [5.74, 6) is 0.749. The zero-order chi connectivity index (χ0) is 17.8. The molecule has 0 spiro atoms. The van der Waals surface area contributed by atoms with Gasteiger partial charge in [-0.15, -0.1) is 0 Å². The first-order valence-corrected chi connectivity index (χ1v) is 9.41. The standard InChI is InChI=1S/C22H34O2/c1-5-13-24-14-8-7-10-18(3)11-9-12-21-16-22(17-23)19(4)15-20(21)6-2/h6,15-18H,2,5,7-14H2,1,3-4H3. The van der Waals surface area contributed by atoms with E-state index < -0.39 is 0 Å². The Hall–Kier alpha value is -1.41. The fourth-order valence-corrected chi connectivity index (χ4v) is 3.06. The first-order chi connectivity index (χ1) is 11.6. The van der Waals surface area contributed by atoms with E-state index in [2.05, 4.69) is 26.5 Å². The van der Waals surface area contributed by atoms with Gasteiger partial charge >= 0.3 is 0 Å². The van der Waals surface area contributed by atoms with Crippen molar-refractivity contribution in [2.45, 2.75) is 65.7 Å². The molecule has 1 aromatic rings. The van der Waals surface area contributed by atoms with E-state index in [9.17, 15) is 4.79 Å². The zero-order valence-electron chi connectivity index (χ0n) is 15.8. The molecule has 0 radical (unpaired) electrons. The molecule has 0 saturated carbocycles. The van der Waals surface area contributed by atoms with Gasteiger partial charge < -0.3 is 4.74 Å². The molecule has 24 heavy (non-hydrogen) atoms. The number of unbranched alkanes of at least 4 members (excludes halogenated alkanes) is 1. The van der Waals surface area contributed by atoms with Gasteiger partial charge in [-0.3, -0.25) is 4.79 Å². The maximum absolute atomic E-state index is 11.1. The summed E-state index contributed by atoms with van der Waals surface area (Å²) in [5, 5.41) is 0. The number of hydrogen-bond donors (Lipinski definition) is 0. The van der Waals surface area contributed by atoms with Crippen molar-refractivity contribution in [3.63, 3.8) is 0 Å². The van der Waals surface area contributed by atoms with Gasteiger partial charge in [0, 0.05) is 18.8 Å². The van der Waals surface area contributed by atoms with E-state index in [1.807, 2.05) is 19.1 Å². The second-order valence-electron chi connectivity index (χ2n) is 6.84. The van der Waals surface area contributed by atoms with Crippen LogP contribution in [0, 0.1) is 12.8 Å². The summed E-state index contributed by atoms with van der Waals surface area (Å²) in [6, 6.07) is 4.11. The van der Waals surface area contributed by atoms with Crippen molar-refractivity contribution >= 4 is 12.4 Å². The molecule has 134 valence electrons. The monoisotopic (exact) mass is 330 g/mol. The van der Waals surface area contributed by atoms with Crippen LogP contribution >= 0.6 is 0 Å².